The van der Waals surface area contributed by atoms with Crippen molar-refractivity contribution in [1.82, 2.24) is 23.6 Å². The number of halogens is 1. The lowest BCUT2D eigenvalue weighted by Gasteiger charge is -2.20. The van der Waals surface area contributed by atoms with E-state index in [1.54, 1.807) is 16.7 Å². The normalized spacial score (nSPS) is 11.6. The van der Waals surface area contributed by atoms with Gasteiger partial charge in [0.15, 0.2) is 11.2 Å². The van der Waals surface area contributed by atoms with Crippen LogP contribution in [0.5, 0.6) is 0 Å². The summed E-state index contributed by atoms with van der Waals surface area (Å²) >= 11 is 0. The highest BCUT2D eigenvalue weighted by Gasteiger charge is 2.22. The van der Waals surface area contributed by atoms with Gasteiger partial charge in [0.05, 0.1) is 6.61 Å². The first-order chi connectivity index (χ1) is 19.5. The number of hydrogen-bond donors (Lipinski definition) is 1. The Balaban J connectivity index is 1.85. The van der Waals surface area contributed by atoms with E-state index < -0.39 is 0 Å². The van der Waals surface area contributed by atoms with Crippen LogP contribution in [0.25, 0.3) is 11.2 Å². The fourth-order valence-corrected chi connectivity index (χ4v) is 5.11. The van der Waals surface area contributed by atoms with E-state index in [1.807, 2.05) is 41.8 Å². The molecular weight excluding hydrogens is 509 g/mol. The van der Waals surface area contributed by atoms with Crippen LogP contribution in [0.3, 0.4) is 0 Å². The number of aromatic nitrogens is 4. The quantitative estimate of drug-likeness (QED) is 0.228. The molecule has 4 rings (SSSR count). The smallest absolute Gasteiger partial charge is 0.332 e. The molecule has 0 aliphatic heterocycles. The summed E-state index contributed by atoms with van der Waals surface area (Å²) in [4.78, 5) is 34.7. The molecule has 214 valence electrons. The lowest BCUT2D eigenvalue weighted by atomic mass is 10.1. The van der Waals surface area contributed by atoms with E-state index >= 15 is 0 Å². The van der Waals surface area contributed by atoms with Gasteiger partial charge in [0.2, 0.25) is 0 Å². The van der Waals surface area contributed by atoms with Gasteiger partial charge in [0.25, 0.3) is 5.56 Å². The number of aliphatic hydroxyl groups is 1. The Morgan fingerprint density at radius 1 is 0.850 bits per heavy atom. The summed E-state index contributed by atoms with van der Waals surface area (Å²) in [6.07, 6.45) is 3.66. The molecule has 0 bridgehead atoms. The lowest BCUT2D eigenvalue weighted by Crippen LogP contribution is -2.41. The number of aryl methyl sites for hydroxylation is 2. The van der Waals surface area contributed by atoms with Gasteiger partial charge < -0.3 is 9.67 Å². The van der Waals surface area contributed by atoms with Gasteiger partial charge in [-0.15, -0.1) is 0 Å². The first kappa shape index (κ1) is 29.4. The largest absolute Gasteiger partial charge is 0.395 e. The molecule has 0 spiro atoms. The highest BCUT2D eigenvalue weighted by atomic mass is 19.1. The topological polar surface area (TPSA) is 85.3 Å². The van der Waals surface area contributed by atoms with Crippen LogP contribution >= 0.6 is 0 Å². The zero-order valence-electron chi connectivity index (χ0n) is 23.6. The lowest BCUT2D eigenvalue weighted by molar-refractivity contribution is 0.197. The van der Waals surface area contributed by atoms with E-state index in [9.17, 15) is 19.1 Å². The first-order valence-corrected chi connectivity index (χ1v) is 14.3. The maximum atomic E-state index is 13.9. The zero-order chi connectivity index (χ0) is 28.5. The Hall–Kier alpha value is -3.56. The molecule has 0 aliphatic carbocycles. The van der Waals surface area contributed by atoms with Crippen molar-refractivity contribution in [2.24, 2.45) is 0 Å². The van der Waals surface area contributed by atoms with Crippen LogP contribution in [0.1, 0.15) is 50.1 Å². The molecular formula is C31H40FN5O3. The molecule has 1 N–H and O–H groups in total. The second-order valence-corrected chi connectivity index (χ2v) is 10.1. The standard InChI is InChI=1S/C31H40FN5O3/c1-3-5-9-17-37-30(39)28-29(36(31(37)40)18-16-24-12-14-26(32)15-13-24)33-27(23-25-10-7-6-8-11-25)35(28)20-19-34(4-2)21-22-38/h6-8,10-15,38H,3-5,9,16-23H2,1-2H3. The maximum Gasteiger partial charge on any atom is 0.332 e. The number of likely N-dealkylation sites (N-methyl/N-ethyl adjacent to an activating group) is 1. The molecule has 2 aromatic carbocycles. The van der Waals surface area contributed by atoms with E-state index in [4.69, 9.17) is 4.98 Å². The van der Waals surface area contributed by atoms with Crippen molar-refractivity contribution >= 4 is 11.2 Å². The summed E-state index contributed by atoms with van der Waals surface area (Å²) in [6, 6.07) is 16.2. The van der Waals surface area contributed by atoms with Gasteiger partial charge in [-0.05, 0) is 42.6 Å². The SMILES string of the molecule is CCCCCn1c(=O)c2c(nc(Cc3ccccc3)n2CCN(CC)CCO)n(CCc2ccc(F)cc2)c1=O. The Bertz CT molecular complexity index is 1490. The molecule has 8 nitrogen and oxygen atoms in total. The third kappa shape index (κ3) is 6.95. The predicted molar refractivity (Wildman–Crippen MR) is 156 cm³/mol. The molecule has 0 radical (unpaired) electrons. The Morgan fingerprint density at radius 2 is 1.60 bits per heavy atom. The molecule has 0 aliphatic rings. The zero-order valence-corrected chi connectivity index (χ0v) is 23.6. The average molecular weight is 550 g/mol. The van der Waals surface area contributed by atoms with Crippen LogP contribution in [0.4, 0.5) is 4.39 Å². The number of benzene rings is 2. The second kappa shape index (κ2) is 14.2. The van der Waals surface area contributed by atoms with E-state index in [1.165, 1.54) is 16.7 Å². The highest BCUT2D eigenvalue weighted by molar-refractivity contribution is 5.71. The number of unbranched alkanes of at least 4 members (excludes halogenated alkanes) is 2. The van der Waals surface area contributed by atoms with Gasteiger partial charge in [-0.25, -0.2) is 14.2 Å². The number of imidazole rings is 1. The number of nitrogens with zero attached hydrogens (tertiary/aromatic N) is 5. The number of rotatable bonds is 15. The minimum Gasteiger partial charge on any atom is -0.395 e. The van der Waals surface area contributed by atoms with E-state index in [2.05, 4.69) is 11.8 Å². The van der Waals surface area contributed by atoms with Crippen LogP contribution in [0, 0.1) is 5.82 Å². The fraction of sp³-hybridized carbons (Fsp3) is 0.452. The van der Waals surface area contributed by atoms with Crippen LogP contribution in [0.15, 0.2) is 64.2 Å². The molecule has 0 saturated heterocycles. The van der Waals surface area contributed by atoms with E-state index in [-0.39, 0.29) is 23.7 Å². The molecule has 0 saturated carbocycles. The highest BCUT2D eigenvalue weighted by Crippen LogP contribution is 2.17. The van der Waals surface area contributed by atoms with Crippen molar-refractivity contribution in [3.8, 4) is 0 Å². The van der Waals surface area contributed by atoms with Gasteiger partial charge >= 0.3 is 5.69 Å². The first-order valence-electron chi connectivity index (χ1n) is 14.3. The minimum atomic E-state index is -0.359. The van der Waals surface area contributed by atoms with Crippen LogP contribution < -0.4 is 11.2 Å². The summed E-state index contributed by atoms with van der Waals surface area (Å²) in [5.41, 5.74) is 2.11. The summed E-state index contributed by atoms with van der Waals surface area (Å²) < 4.78 is 18.4. The Morgan fingerprint density at radius 3 is 2.27 bits per heavy atom. The molecule has 0 unspecified atom stereocenters. The predicted octanol–water partition coefficient (Wildman–Crippen LogP) is 3.84. The van der Waals surface area contributed by atoms with Crippen LogP contribution in [-0.2, 0) is 32.5 Å². The van der Waals surface area contributed by atoms with Crippen molar-refractivity contribution in [3.05, 3.63) is 98.2 Å². The van der Waals surface area contributed by atoms with Gasteiger partial charge in [-0.3, -0.25) is 18.8 Å². The third-order valence-corrected chi connectivity index (χ3v) is 7.42. The monoisotopic (exact) mass is 549 g/mol. The van der Waals surface area contributed by atoms with Crippen LogP contribution in [-0.4, -0.2) is 54.9 Å². The average Bonchev–Trinajstić information content (AvgIpc) is 3.32. The number of fused-ring (bicyclic) bond motifs is 1. The Kier molecular flexibility index (Phi) is 10.4. The van der Waals surface area contributed by atoms with E-state index in [0.29, 0.717) is 56.7 Å². The second-order valence-electron chi connectivity index (χ2n) is 10.1. The number of aliphatic hydroxyl groups excluding tert-OH is 1. The maximum absolute atomic E-state index is 13.9. The molecule has 2 heterocycles. The third-order valence-electron chi connectivity index (χ3n) is 7.42. The van der Waals surface area contributed by atoms with E-state index in [0.717, 1.165) is 42.8 Å². The van der Waals surface area contributed by atoms with Crippen molar-refractivity contribution in [3.63, 3.8) is 0 Å². The summed E-state index contributed by atoms with van der Waals surface area (Å²) in [6.45, 7) is 7.31. The molecule has 0 fully saturated rings. The van der Waals surface area contributed by atoms with Gasteiger partial charge in [-0.1, -0.05) is 69.2 Å². The van der Waals surface area contributed by atoms with Gasteiger partial charge in [0, 0.05) is 39.1 Å². The van der Waals surface area contributed by atoms with Gasteiger partial charge in [0.1, 0.15) is 11.6 Å². The van der Waals surface area contributed by atoms with Crippen molar-refractivity contribution < 1.29 is 9.50 Å². The minimum absolute atomic E-state index is 0.0581. The summed E-state index contributed by atoms with van der Waals surface area (Å²) in [7, 11) is 0. The van der Waals surface area contributed by atoms with Crippen molar-refractivity contribution in [1.29, 1.82) is 0 Å². The van der Waals surface area contributed by atoms with Crippen LogP contribution in [0.2, 0.25) is 0 Å². The molecule has 0 amide bonds. The molecule has 2 aromatic heterocycles. The molecule has 4 aromatic rings. The molecule has 0 atom stereocenters. The fourth-order valence-electron chi connectivity index (χ4n) is 5.11. The summed E-state index contributed by atoms with van der Waals surface area (Å²) in [5, 5.41) is 9.49. The number of hydrogen-bond acceptors (Lipinski definition) is 5. The summed E-state index contributed by atoms with van der Waals surface area (Å²) in [5.74, 6) is 0.416. The molecule has 9 heteroatoms. The van der Waals surface area contributed by atoms with Gasteiger partial charge in [-0.2, -0.15) is 0 Å². The van der Waals surface area contributed by atoms with Crippen molar-refractivity contribution in [2.75, 3.05) is 26.2 Å². The van der Waals surface area contributed by atoms with Crippen molar-refractivity contribution in [2.45, 2.75) is 65.6 Å². The Labute approximate surface area is 234 Å². The molecule has 40 heavy (non-hydrogen) atoms.